The summed E-state index contributed by atoms with van der Waals surface area (Å²) >= 11 is 0. The molecule has 1 radical (unpaired) electrons. The Hall–Kier alpha value is -10.8. The van der Waals surface area contributed by atoms with E-state index < -0.39 is 151 Å². The van der Waals surface area contributed by atoms with Gasteiger partial charge in [-0.05, 0) is 147 Å². The van der Waals surface area contributed by atoms with Gasteiger partial charge in [-0.1, -0.05) is 161 Å². The van der Waals surface area contributed by atoms with Gasteiger partial charge in [-0.15, -0.1) is 0 Å². The van der Waals surface area contributed by atoms with Crippen molar-refractivity contribution in [2.75, 3.05) is 61.3 Å². The van der Waals surface area contributed by atoms with Gasteiger partial charge in [-0.25, -0.2) is 14.3 Å². The number of benzene rings is 6. The fraction of sp³-hybridized carbons (Fsp3) is 0.430. The number of methoxy groups -OCH3 is 4. The van der Waals surface area contributed by atoms with Gasteiger partial charge in [-0.3, -0.25) is 47.9 Å². The molecule has 4 bridgehead atoms. The molecule has 8 aromatic rings. The largest absolute Gasteiger partial charge is 0.497 e. The number of amides is 4. The van der Waals surface area contributed by atoms with Crippen LogP contribution in [0.3, 0.4) is 0 Å². The number of nitrogens with one attached hydrogen (secondary N) is 6. The Morgan fingerprint density at radius 1 is 0.538 bits per heavy atom. The van der Waals surface area contributed by atoms with Gasteiger partial charge >= 0.3 is 35.5 Å². The fourth-order valence-electron chi connectivity index (χ4n) is 16.7. The van der Waals surface area contributed by atoms with Crippen molar-refractivity contribution in [3.05, 3.63) is 256 Å². The zero-order valence-corrected chi connectivity index (χ0v) is 77.3. The number of hydrogen-bond acceptors (Lipinski definition) is 21. The van der Waals surface area contributed by atoms with Crippen LogP contribution in [0, 0.1) is 46.8 Å². The monoisotopic (exact) mass is 1900 g/mol. The Kier molecular flexibility index (Phi) is 34.2. The number of halogens is 6. The van der Waals surface area contributed by atoms with Crippen LogP contribution >= 0.6 is 8.53 Å². The van der Waals surface area contributed by atoms with Crippen LogP contribution < -0.4 is 62.7 Å². The summed E-state index contributed by atoms with van der Waals surface area (Å²) in [7, 11) is 4.41. The van der Waals surface area contributed by atoms with Gasteiger partial charge in [0.25, 0.3) is 19.6 Å². The number of H-pyrrole nitrogens is 2. The molecule has 4 saturated heterocycles. The van der Waals surface area contributed by atoms with Crippen molar-refractivity contribution in [2.24, 2.45) is 11.8 Å². The van der Waals surface area contributed by atoms with E-state index >= 15 is 0 Å². The van der Waals surface area contributed by atoms with Crippen molar-refractivity contribution >= 4 is 32.2 Å². The summed E-state index contributed by atoms with van der Waals surface area (Å²) in [5.74, 6) is 6.18. The number of nitriles is 1. The van der Waals surface area contributed by atoms with Crippen molar-refractivity contribution < 1.29 is 130 Å². The quantitative estimate of drug-likeness (QED) is 0.00648. The van der Waals surface area contributed by atoms with Gasteiger partial charge in [0.05, 0.1) is 73.8 Å². The number of aromatic nitrogens is 4. The minimum Gasteiger partial charge on any atom is -0.497 e. The van der Waals surface area contributed by atoms with E-state index in [4.69, 9.17) is 46.9 Å². The number of carbonyl (C=O) groups is 4. The molecule has 6 aromatic carbocycles. The second-order valence-corrected chi connectivity index (χ2v) is 34.2. The van der Waals surface area contributed by atoms with Crippen LogP contribution in [-0.2, 0) is 90.7 Å². The molecule has 4 amide bonds. The first-order valence-corrected chi connectivity index (χ1v) is 42.7. The van der Waals surface area contributed by atoms with Crippen LogP contribution in [0.2, 0.25) is 0 Å². The number of ether oxygens (including phenoxy) is 8. The molecule has 37 heteroatoms. The summed E-state index contributed by atoms with van der Waals surface area (Å²) in [6, 6.07) is 49.2. The average molecular weight is 1900 g/mol. The average Bonchev–Trinajstić information content (AvgIpc) is 1.54. The molecule has 130 heavy (non-hydrogen) atoms. The van der Waals surface area contributed by atoms with E-state index in [-0.39, 0.29) is 120 Å². The Balaban J connectivity index is 0.000000273. The minimum absolute atomic E-state index is 0. The van der Waals surface area contributed by atoms with Crippen LogP contribution in [0.5, 0.6) is 23.0 Å². The summed E-state index contributed by atoms with van der Waals surface area (Å²) in [6.45, 7) is 14.0. The molecule has 6 heterocycles. The van der Waals surface area contributed by atoms with E-state index in [0.29, 0.717) is 23.0 Å². The first kappa shape index (κ1) is 101. The second-order valence-electron chi connectivity index (χ2n) is 32.8. The molecule has 11 atom stereocenters. The summed E-state index contributed by atoms with van der Waals surface area (Å²) in [5, 5.41) is 29.7. The predicted molar refractivity (Wildman–Crippen MR) is 462 cm³/mol. The molecule has 689 valence electrons. The fourth-order valence-corrected chi connectivity index (χ4v) is 18.5. The summed E-state index contributed by atoms with van der Waals surface area (Å²) < 4.78 is 145. The standard InChI is InChI=1S/C51H60F3N6O10P.C42H43F3N4O9.Y/c1-32(2)28-41(57-47(63)51(52,53)54)45(62)56-26-12-14-35-29-59(48(64)58-44(35)61)46-42-43(70-71(68-27-13-25-55)60(33(3)4)34(5)6)49(69-46,31-67-42)30-50(36-15-10-9-11-16-36,37-17-21-39(65-7)22-18-37)38-19-23-40(66-8)24-20-38;1-25(2)21-32(47-38(53)42(43,44)45)36(52)46-20-8-9-26-22-49(39(54)48-35(26)51)37-33-34(50)40(58-37,24-57-33)23-41(27-10-6-5-7-11-27,28-12-16-30(55-3)17-13-28)29-14-18-31(56-4)19-15-29;/h9-11,15-24,29,32-34,41-43,46H,13,26-28,30-31H2,1-8H3,(H,56,62)(H,57,63)(H,58,61,64);5-7,10-19,22,25,32-34,37,50H,20-21,23-24H2,1-4H3,(H,46,52)(H,47,53)(H,48,51,54);/t41?,42?,43-,46-,49+,71?;32?,33?,34-,37-,40+;/m11./s1. The van der Waals surface area contributed by atoms with Crippen LogP contribution in [0.15, 0.2) is 189 Å². The maximum atomic E-state index is 14.0. The molecule has 0 spiro atoms. The first-order chi connectivity index (χ1) is 61.4. The molecule has 0 saturated carbocycles. The topological polar surface area (TPSA) is 366 Å². The van der Waals surface area contributed by atoms with E-state index in [1.54, 1.807) is 66.8 Å². The second kappa shape index (κ2) is 43.9. The Morgan fingerprint density at radius 3 is 1.24 bits per heavy atom. The van der Waals surface area contributed by atoms with Gasteiger partial charge in [0.1, 0.15) is 81.8 Å². The van der Waals surface area contributed by atoms with Crippen LogP contribution in [0.1, 0.15) is 144 Å². The van der Waals surface area contributed by atoms with E-state index in [1.807, 2.05) is 185 Å². The molecule has 5 unspecified atom stereocenters. The van der Waals surface area contributed by atoms with Gasteiger partial charge in [0.15, 0.2) is 12.5 Å². The molecule has 29 nitrogen and oxygen atoms in total. The molecule has 4 aliphatic heterocycles. The van der Waals surface area contributed by atoms with Crippen molar-refractivity contribution in [1.29, 1.82) is 5.26 Å². The molecule has 0 aliphatic carbocycles. The Labute approximate surface area is 773 Å². The molecule has 4 fully saturated rings. The normalized spacial score (nSPS) is 19.8. The van der Waals surface area contributed by atoms with E-state index in [9.17, 15) is 75.1 Å². The first-order valence-electron chi connectivity index (χ1n) is 41.6. The maximum absolute atomic E-state index is 14.0. The maximum Gasteiger partial charge on any atom is 0.471 e. The number of nitrogens with zero attached hydrogens (tertiary/aromatic N) is 4. The minimum atomic E-state index is -5.20. The van der Waals surface area contributed by atoms with Gasteiger partial charge in [-0.2, -0.15) is 31.6 Å². The van der Waals surface area contributed by atoms with Gasteiger partial charge in [0, 0.05) is 68.0 Å². The number of fused-ring (bicyclic) bond motifs is 4. The summed E-state index contributed by atoms with van der Waals surface area (Å²) in [4.78, 5) is 107. The Morgan fingerprint density at radius 2 is 0.885 bits per heavy atom. The number of aromatic amines is 2. The van der Waals surface area contributed by atoms with E-state index in [0.717, 1.165) is 44.1 Å². The van der Waals surface area contributed by atoms with Gasteiger partial charge < -0.3 is 73.3 Å². The predicted octanol–water partition coefficient (Wildman–Crippen LogP) is 10.4. The van der Waals surface area contributed by atoms with Crippen molar-refractivity contribution in [1.82, 2.24) is 45.0 Å². The van der Waals surface area contributed by atoms with Crippen LogP contribution in [0.25, 0.3) is 0 Å². The molecule has 4 aliphatic rings. The van der Waals surface area contributed by atoms with Crippen molar-refractivity contribution in [3.63, 3.8) is 0 Å². The molecular formula is C93H103F6N10O19PY. The number of carbonyl (C=O) groups excluding carboxylic acids is 4. The smallest absolute Gasteiger partial charge is 0.471 e. The third kappa shape index (κ3) is 23.0. The number of hydrogen-bond donors (Lipinski definition) is 7. The zero-order valence-electron chi connectivity index (χ0n) is 73.5. The molecule has 7 N–H and O–H groups in total. The number of aliphatic hydroxyl groups is 1. The molecule has 12 rings (SSSR count). The SMILES string of the molecule is COc1ccc(C(C[C@@]23COC([C@H](n4cc(C#CCNC(=O)C(CC(C)C)NC(=O)C(F)(F)F)c(=O)[nH]c4=O)O2)[C@H]3O)(c2ccccc2)c2ccc(OC)cc2)cc1.COc1ccc(C(C[C@@]23COC([C@H](n4cc(C#CCNC(=O)C(CC(C)C)NC(=O)C(F)(F)F)c(=O)[nH]c4=O)O2)[C@H]3OP(OCCC#N)N(C(C)C)C(C)C)(c2ccccc2)c2ccc(OC)cc2)cc1.[Y]. The Bertz CT molecular complexity index is 5560. The van der Waals surface area contributed by atoms with Crippen LogP contribution in [0.4, 0.5) is 26.3 Å². The third-order valence-electron chi connectivity index (χ3n) is 22.6. The van der Waals surface area contributed by atoms with E-state index in [1.165, 1.54) is 10.8 Å². The van der Waals surface area contributed by atoms with Crippen LogP contribution in [-0.4, -0.2) is 186 Å². The summed E-state index contributed by atoms with van der Waals surface area (Å²) in [6.07, 6.45) is -14.4. The number of aliphatic hydroxyl groups excluding tert-OH is 1. The molecular weight excluding hydrogens is 1790 g/mol. The van der Waals surface area contributed by atoms with E-state index in [2.05, 4.69) is 55.0 Å². The molecule has 2 aromatic heterocycles. The number of rotatable bonds is 34. The van der Waals surface area contributed by atoms with Crippen molar-refractivity contribution in [3.8, 4) is 52.7 Å². The zero-order chi connectivity index (χ0) is 93.5. The third-order valence-corrected chi connectivity index (χ3v) is 24.8. The number of alkyl halides is 6. The summed E-state index contributed by atoms with van der Waals surface area (Å²) in [5.41, 5.74) is -3.36. The van der Waals surface area contributed by atoms with Crippen molar-refractivity contribution in [2.45, 2.75) is 183 Å². The van der Waals surface area contributed by atoms with Gasteiger partial charge in [0.2, 0.25) is 11.8 Å².